The summed E-state index contributed by atoms with van der Waals surface area (Å²) >= 11 is 8.53. The SMILES string of the molecule is OC(CS)COc1ccc(Cc2ccc(OCC(CS)C3CCC3)cc2)cc1. The molecule has 0 amide bonds. The van der Waals surface area contributed by atoms with Crippen molar-refractivity contribution < 1.29 is 14.6 Å². The van der Waals surface area contributed by atoms with Crippen molar-refractivity contribution in [2.75, 3.05) is 24.7 Å². The van der Waals surface area contributed by atoms with Crippen LogP contribution in [0.1, 0.15) is 30.4 Å². The van der Waals surface area contributed by atoms with E-state index in [4.69, 9.17) is 9.47 Å². The van der Waals surface area contributed by atoms with Gasteiger partial charge in [0.25, 0.3) is 0 Å². The van der Waals surface area contributed by atoms with E-state index >= 15 is 0 Å². The average molecular weight is 419 g/mol. The number of benzene rings is 2. The monoisotopic (exact) mass is 418 g/mol. The summed E-state index contributed by atoms with van der Waals surface area (Å²) in [5, 5.41) is 9.50. The maximum atomic E-state index is 9.50. The van der Waals surface area contributed by atoms with Crippen molar-refractivity contribution in [3.63, 3.8) is 0 Å². The molecule has 1 N–H and O–H groups in total. The Bertz CT molecular complexity index is 699. The van der Waals surface area contributed by atoms with Crippen LogP contribution in [0.25, 0.3) is 0 Å². The van der Waals surface area contributed by atoms with Gasteiger partial charge in [0.2, 0.25) is 0 Å². The molecule has 0 spiro atoms. The second kappa shape index (κ2) is 11.0. The molecule has 3 rings (SSSR count). The molecular weight excluding hydrogens is 388 g/mol. The lowest BCUT2D eigenvalue weighted by molar-refractivity contribution is 0.126. The summed E-state index contributed by atoms with van der Waals surface area (Å²) in [6.07, 6.45) is 4.33. The molecule has 28 heavy (non-hydrogen) atoms. The van der Waals surface area contributed by atoms with Crippen molar-refractivity contribution in [3.8, 4) is 11.5 Å². The Labute approximate surface area is 179 Å². The van der Waals surface area contributed by atoms with Crippen molar-refractivity contribution in [1.82, 2.24) is 0 Å². The Kier molecular flexibility index (Phi) is 8.44. The molecular formula is C23H30O3S2. The molecule has 1 saturated carbocycles. The molecule has 0 saturated heterocycles. The lowest BCUT2D eigenvalue weighted by Gasteiger charge is -2.32. The standard InChI is InChI=1S/C23H30O3S2/c24-21(16-28)14-26-23-10-6-18(7-11-23)12-17-4-8-22(9-5-17)25-13-20(15-27)19-2-1-3-19/h4-11,19-21,24,27-28H,1-3,12-16H2. The van der Waals surface area contributed by atoms with Gasteiger partial charge in [-0.15, -0.1) is 0 Å². The van der Waals surface area contributed by atoms with Gasteiger partial charge in [-0.2, -0.15) is 25.3 Å². The van der Waals surface area contributed by atoms with Crippen LogP contribution in [0.3, 0.4) is 0 Å². The molecule has 1 aliphatic carbocycles. The van der Waals surface area contributed by atoms with Gasteiger partial charge in [-0.1, -0.05) is 43.5 Å². The number of thiol groups is 2. The normalized spacial score (nSPS) is 16.2. The molecule has 2 unspecified atom stereocenters. The molecule has 152 valence electrons. The van der Waals surface area contributed by atoms with Crippen LogP contribution in [0.15, 0.2) is 48.5 Å². The molecule has 0 radical (unpaired) electrons. The Balaban J connectivity index is 1.47. The number of aliphatic hydroxyl groups excluding tert-OH is 1. The smallest absolute Gasteiger partial charge is 0.119 e. The summed E-state index contributed by atoms with van der Waals surface area (Å²) in [5.41, 5.74) is 2.46. The van der Waals surface area contributed by atoms with Crippen LogP contribution < -0.4 is 9.47 Å². The zero-order valence-corrected chi connectivity index (χ0v) is 18.0. The van der Waals surface area contributed by atoms with Gasteiger partial charge >= 0.3 is 0 Å². The van der Waals surface area contributed by atoms with Gasteiger partial charge in [0, 0.05) is 11.7 Å². The molecule has 1 fully saturated rings. The first kappa shape index (κ1) is 21.4. The van der Waals surface area contributed by atoms with Crippen LogP contribution in [0.4, 0.5) is 0 Å². The van der Waals surface area contributed by atoms with E-state index in [1.54, 1.807) is 0 Å². The molecule has 5 heteroatoms. The fraction of sp³-hybridized carbons (Fsp3) is 0.478. The highest BCUT2D eigenvalue weighted by atomic mass is 32.1. The minimum absolute atomic E-state index is 0.263. The Morgan fingerprint density at radius 1 is 0.821 bits per heavy atom. The van der Waals surface area contributed by atoms with Crippen molar-refractivity contribution in [2.24, 2.45) is 11.8 Å². The first-order chi connectivity index (χ1) is 13.7. The lowest BCUT2D eigenvalue weighted by atomic mass is 9.77. The van der Waals surface area contributed by atoms with Crippen LogP contribution in [-0.4, -0.2) is 35.9 Å². The van der Waals surface area contributed by atoms with Gasteiger partial charge in [0.05, 0.1) is 12.7 Å². The van der Waals surface area contributed by atoms with E-state index in [0.717, 1.165) is 36.2 Å². The molecule has 2 aromatic carbocycles. The summed E-state index contributed by atoms with van der Waals surface area (Å²) < 4.78 is 11.5. The molecule has 3 nitrogen and oxygen atoms in total. The summed E-state index contributed by atoms with van der Waals surface area (Å²) in [6, 6.07) is 16.4. The molecule has 0 heterocycles. The number of hydrogen-bond acceptors (Lipinski definition) is 5. The summed E-state index contributed by atoms with van der Waals surface area (Å²) in [7, 11) is 0. The Morgan fingerprint density at radius 2 is 1.36 bits per heavy atom. The maximum Gasteiger partial charge on any atom is 0.119 e. The van der Waals surface area contributed by atoms with E-state index in [2.05, 4.69) is 61.7 Å². The van der Waals surface area contributed by atoms with Crippen molar-refractivity contribution >= 4 is 25.3 Å². The largest absolute Gasteiger partial charge is 0.493 e. The Morgan fingerprint density at radius 3 is 1.79 bits per heavy atom. The highest BCUT2D eigenvalue weighted by Crippen LogP contribution is 2.34. The van der Waals surface area contributed by atoms with E-state index < -0.39 is 6.10 Å². The lowest BCUT2D eigenvalue weighted by Crippen LogP contribution is -2.28. The third-order valence-electron chi connectivity index (χ3n) is 5.42. The second-order valence-electron chi connectivity index (χ2n) is 7.56. The predicted octanol–water partition coefficient (Wildman–Crippen LogP) is 4.67. The average Bonchev–Trinajstić information content (AvgIpc) is 2.69. The van der Waals surface area contributed by atoms with E-state index in [-0.39, 0.29) is 6.61 Å². The summed E-state index contributed by atoms with van der Waals surface area (Å²) in [4.78, 5) is 0. The third kappa shape index (κ3) is 6.36. The quantitative estimate of drug-likeness (QED) is 0.464. The zero-order valence-electron chi connectivity index (χ0n) is 16.2. The van der Waals surface area contributed by atoms with Gasteiger partial charge in [-0.05, 0) is 53.5 Å². The van der Waals surface area contributed by atoms with Crippen LogP contribution in [0, 0.1) is 11.8 Å². The fourth-order valence-corrected chi connectivity index (χ4v) is 3.85. The van der Waals surface area contributed by atoms with E-state index in [9.17, 15) is 5.11 Å². The van der Waals surface area contributed by atoms with E-state index in [0.29, 0.717) is 11.7 Å². The highest BCUT2D eigenvalue weighted by Gasteiger charge is 2.26. The maximum absolute atomic E-state index is 9.50. The summed E-state index contributed by atoms with van der Waals surface area (Å²) in [6.45, 7) is 1.02. The number of rotatable bonds is 11. The van der Waals surface area contributed by atoms with Gasteiger partial charge in [0.1, 0.15) is 18.1 Å². The van der Waals surface area contributed by atoms with Crippen LogP contribution in [-0.2, 0) is 6.42 Å². The van der Waals surface area contributed by atoms with Crippen molar-refractivity contribution in [1.29, 1.82) is 0 Å². The van der Waals surface area contributed by atoms with Gasteiger partial charge in [0.15, 0.2) is 0 Å². The topological polar surface area (TPSA) is 38.7 Å². The predicted molar refractivity (Wildman–Crippen MR) is 121 cm³/mol. The minimum atomic E-state index is -0.541. The molecule has 0 aliphatic heterocycles. The van der Waals surface area contributed by atoms with Crippen molar-refractivity contribution in [2.45, 2.75) is 31.8 Å². The van der Waals surface area contributed by atoms with Gasteiger partial charge in [-0.3, -0.25) is 0 Å². The second-order valence-corrected chi connectivity index (χ2v) is 8.29. The summed E-state index contributed by atoms with van der Waals surface area (Å²) in [5.74, 6) is 4.35. The third-order valence-corrected chi connectivity index (χ3v) is 6.31. The zero-order chi connectivity index (χ0) is 19.8. The highest BCUT2D eigenvalue weighted by molar-refractivity contribution is 7.80. The molecule has 0 bridgehead atoms. The Hall–Kier alpha value is -1.30. The molecule has 1 aliphatic rings. The van der Waals surface area contributed by atoms with E-state index in [1.807, 2.05) is 12.1 Å². The molecule has 2 aromatic rings. The van der Waals surface area contributed by atoms with Crippen molar-refractivity contribution in [3.05, 3.63) is 59.7 Å². The first-order valence-electron chi connectivity index (χ1n) is 10.0. The number of aliphatic hydroxyl groups is 1. The van der Waals surface area contributed by atoms with Crippen LogP contribution in [0.5, 0.6) is 11.5 Å². The first-order valence-corrected chi connectivity index (χ1v) is 11.3. The fourth-order valence-electron chi connectivity index (χ4n) is 3.34. The van der Waals surface area contributed by atoms with E-state index in [1.165, 1.54) is 30.4 Å². The van der Waals surface area contributed by atoms with Crippen LogP contribution in [0.2, 0.25) is 0 Å². The molecule has 2 atom stereocenters. The minimum Gasteiger partial charge on any atom is -0.493 e. The van der Waals surface area contributed by atoms with Gasteiger partial charge in [-0.25, -0.2) is 0 Å². The molecule has 0 aromatic heterocycles. The number of ether oxygens (including phenoxy) is 2. The van der Waals surface area contributed by atoms with Crippen LogP contribution >= 0.6 is 25.3 Å². The number of hydrogen-bond donors (Lipinski definition) is 3. The van der Waals surface area contributed by atoms with Gasteiger partial charge < -0.3 is 14.6 Å².